The lowest BCUT2D eigenvalue weighted by molar-refractivity contribution is -0.385. The summed E-state index contributed by atoms with van der Waals surface area (Å²) in [7, 11) is 1.17. The number of nitrogens with zero attached hydrogens (tertiary/aromatic N) is 4. The zero-order valence-electron chi connectivity index (χ0n) is 17.5. The summed E-state index contributed by atoms with van der Waals surface area (Å²) in [6.07, 6.45) is 0. The number of alkyl halides is 2. The molecular weight excluding hydrogens is 434 g/mol. The van der Waals surface area contributed by atoms with E-state index in [4.69, 9.17) is 9.47 Å². The minimum Gasteiger partial charge on any atom is -0.493 e. The number of nitro groups is 1. The van der Waals surface area contributed by atoms with Crippen LogP contribution < -0.4 is 9.47 Å². The van der Waals surface area contributed by atoms with Crippen LogP contribution in [-0.4, -0.2) is 104 Å². The molecule has 1 aromatic rings. The highest BCUT2D eigenvalue weighted by Gasteiger charge is 2.31. The Bertz CT molecular complexity index is 856. The van der Waals surface area contributed by atoms with Crippen LogP contribution in [0.15, 0.2) is 12.1 Å². The Morgan fingerprint density at radius 1 is 1.09 bits per heavy atom. The van der Waals surface area contributed by atoms with Gasteiger partial charge in [-0.3, -0.25) is 24.6 Å². The topological polar surface area (TPSA) is 115 Å². The second-order valence-corrected chi connectivity index (χ2v) is 7.22. The van der Waals surface area contributed by atoms with Crippen molar-refractivity contribution in [3.8, 4) is 11.5 Å². The summed E-state index contributed by atoms with van der Waals surface area (Å²) in [5.41, 5.74) is -0.973. The minimum absolute atomic E-state index is 0.0554. The number of carbonyl (C=O) groups is 2. The smallest absolute Gasteiger partial charge is 0.387 e. The van der Waals surface area contributed by atoms with Crippen LogP contribution in [0.3, 0.4) is 0 Å². The Hall–Kier alpha value is -3.06. The van der Waals surface area contributed by atoms with Gasteiger partial charge in [0, 0.05) is 45.3 Å². The zero-order chi connectivity index (χ0) is 23.3. The van der Waals surface area contributed by atoms with E-state index in [1.54, 1.807) is 4.90 Å². The largest absolute Gasteiger partial charge is 0.493 e. The van der Waals surface area contributed by atoms with Crippen LogP contribution in [0.4, 0.5) is 14.5 Å². The molecule has 0 radical (unpaired) electrons. The number of carbonyl (C=O) groups excluding carboxylic acids is 2. The third-order valence-corrected chi connectivity index (χ3v) is 5.31. The molecule has 0 unspecified atom stereocenters. The number of amides is 2. The molecule has 0 atom stereocenters. The Morgan fingerprint density at radius 3 is 2.28 bits per heavy atom. The van der Waals surface area contributed by atoms with Crippen molar-refractivity contribution in [2.75, 3.05) is 66.1 Å². The molecule has 32 heavy (non-hydrogen) atoms. The maximum absolute atomic E-state index is 13.0. The minimum atomic E-state index is -3.21. The lowest BCUT2D eigenvalue weighted by atomic mass is 10.1. The van der Waals surface area contributed by atoms with Crippen LogP contribution in [0, 0.1) is 10.1 Å². The summed E-state index contributed by atoms with van der Waals surface area (Å²) < 4.78 is 39.7. The predicted octanol–water partition coefficient (Wildman–Crippen LogP) is 0.821. The molecule has 2 heterocycles. The molecular formula is C19H24F2N4O7. The van der Waals surface area contributed by atoms with Crippen molar-refractivity contribution in [2.24, 2.45) is 0 Å². The fraction of sp³-hybridized carbons (Fsp3) is 0.579. The van der Waals surface area contributed by atoms with E-state index in [0.717, 1.165) is 12.1 Å². The lowest BCUT2D eigenvalue weighted by Crippen LogP contribution is -2.53. The van der Waals surface area contributed by atoms with Crippen molar-refractivity contribution >= 4 is 17.5 Å². The summed E-state index contributed by atoms with van der Waals surface area (Å²) >= 11 is 0. The first-order valence-electron chi connectivity index (χ1n) is 9.98. The van der Waals surface area contributed by atoms with E-state index < -0.39 is 28.9 Å². The number of hydrogen-bond donors (Lipinski definition) is 0. The Labute approximate surface area is 182 Å². The number of ether oxygens (including phenoxy) is 3. The van der Waals surface area contributed by atoms with Gasteiger partial charge in [-0.1, -0.05) is 0 Å². The number of piperazine rings is 1. The van der Waals surface area contributed by atoms with Gasteiger partial charge in [-0.25, -0.2) is 0 Å². The van der Waals surface area contributed by atoms with Gasteiger partial charge in [-0.2, -0.15) is 8.78 Å². The van der Waals surface area contributed by atoms with Gasteiger partial charge < -0.3 is 24.0 Å². The van der Waals surface area contributed by atoms with Crippen molar-refractivity contribution in [3.63, 3.8) is 0 Å². The molecule has 1 aromatic carbocycles. The van der Waals surface area contributed by atoms with Crippen LogP contribution >= 0.6 is 0 Å². The van der Waals surface area contributed by atoms with E-state index in [-0.39, 0.29) is 49.9 Å². The molecule has 0 saturated carbocycles. The second kappa shape index (κ2) is 10.5. The first-order chi connectivity index (χ1) is 15.3. The molecule has 0 aromatic heterocycles. The number of halogens is 2. The number of benzene rings is 1. The number of hydrogen-bond acceptors (Lipinski definition) is 8. The van der Waals surface area contributed by atoms with Crippen LogP contribution in [0.25, 0.3) is 0 Å². The van der Waals surface area contributed by atoms with Crippen molar-refractivity contribution in [2.45, 2.75) is 6.61 Å². The first-order valence-corrected chi connectivity index (χ1v) is 9.98. The molecule has 13 heteroatoms. The predicted molar refractivity (Wildman–Crippen MR) is 106 cm³/mol. The highest BCUT2D eigenvalue weighted by molar-refractivity contribution is 5.99. The van der Waals surface area contributed by atoms with Crippen LogP contribution in [0.2, 0.25) is 0 Å². The summed E-state index contributed by atoms with van der Waals surface area (Å²) in [5.74, 6) is -1.47. The summed E-state index contributed by atoms with van der Waals surface area (Å²) in [6.45, 7) is 0.517. The molecule has 11 nitrogen and oxygen atoms in total. The van der Waals surface area contributed by atoms with Crippen molar-refractivity contribution in [1.29, 1.82) is 0 Å². The van der Waals surface area contributed by atoms with E-state index in [9.17, 15) is 28.5 Å². The van der Waals surface area contributed by atoms with Gasteiger partial charge in [-0.15, -0.1) is 0 Å². The Kier molecular flexibility index (Phi) is 7.75. The van der Waals surface area contributed by atoms with E-state index in [1.165, 1.54) is 12.0 Å². The van der Waals surface area contributed by atoms with Gasteiger partial charge in [0.2, 0.25) is 5.91 Å². The normalized spacial score (nSPS) is 17.4. The summed E-state index contributed by atoms with van der Waals surface area (Å²) in [4.78, 5) is 41.1. The van der Waals surface area contributed by atoms with Crippen molar-refractivity contribution < 1.29 is 37.5 Å². The molecule has 3 rings (SSSR count). The number of rotatable bonds is 7. The molecule has 0 N–H and O–H groups in total. The maximum atomic E-state index is 13.0. The highest BCUT2D eigenvalue weighted by Crippen LogP contribution is 2.36. The third kappa shape index (κ3) is 5.59. The molecule has 0 spiro atoms. The fourth-order valence-electron chi connectivity index (χ4n) is 3.60. The Balaban J connectivity index is 1.68. The van der Waals surface area contributed by atoms with E-state index >= 15 is 0 Å². The molecule has 0 bridgehead atoms. The average molecular weight is 458 g/mol. The monoisotopic (exact) mass is 458 g/mol. The number of morpholine rings is 1. The van der Waals surface area contributed by atoms with Crippen LogP contribution in [0.1, 0.15) is 10.4 Å². The summed E-state index contributed by atoms with van der Waals surface area (Å²) in [6, 6.07) is 1.77. The van der Waals surface area contributed by atoms with E-state index in [1.807, 2.05) is 4.90 Å². The lowest BCUT2D eigenvalue weighted by Gasteiger charge is -2.36. The first kappa shape index (κ1) is 23.6. The fourth-order valence-corrected chi connectivity index (χ4v) is 3.60. The second-order valence-electron chi connectivity index (χ2n) is 7.22. The molecule has 2 amide bonds. The standard InChI is InChI=1S/C19H24F2N4O7/c1-30-15-10-13(14(25(28)29)11-16(15)32-19(20)21)18(27)24-4-2-23(3-5-24)17(26)12-22-6-8-31-9-7-22/h10-11,19H,2-9,12H2,1H3. The van der Waals surface area contributed by atoms with Crippen molar-refractivity contribution in [3.05, 3.63) is 27.8 Å². The van der Waals surface area contributed by atoms with Gasteiger partial charge >= 0.3 is 6.61 Å². The third-order valence-electron chi connectivity index (χ3n) is 5.31. The Morgan fingerprint density at radius 2 is 1.72 bits per heavy atom. The number of methoxy groups -OCH3 is 1. The molecule has 2 saturated heterocycles. The summed E-state index contributed by atoms with van der Waals surface area (Å²) in [5, 5.41) is 11.5. The molecule has 0 aliphatic carbocycles. The van der Waals surface area contributed by atoms with Crippen molar-refractivity contribution in [1.82, 2.24) is 14.7 Å². The van der Waals surface area contributed by atoms with Gasteiger partial charge in [-0.05, 0) is 0 Å². The molecule has 2 aliphatic rings. The SMILES string of the molecule is COc1cc(C(=O)N2CCN(C(=O)CN3CCOCC3)CC2)c([N+](=O)[O-])cc1OC(F)F. The van der Waals surface area contributed by atoms with Gasteiger partial charge in [0.25, 0.3) is 11.6 Å². The molecule has 2 fully saturated rings. The number of nitro benzene ring substituents is 1. The quantitative estimate of drug-likeness (QED) is 0.436. The van der Waals surface area contributed by atoms with Gasteiger partial charge in [0.05, 0.1) is 37.9 Å². The molecule has 2 aliphatic heterocycles. The van der Waals surface area contributed by atoms with Crippen LogP contribution in [-0.2, 0) is 9.53 Å². The zero-order valence-corrected chi connectivity index (χ0v) is 17.5. The van der Waals surface area contributed by atoms with Crippen LogP contribution in [0.5, 0.6) is 11.5 Å². The maximum Gasteiger partial charge on any atom is 0.387 e. The van der Waals surface area contributed by atoms with Gasteiger partial charge in [0.15, 0.2) is 11.5 Å². The average Bonchev–Trinajstić information content (AvgIpc) is 2.78. The van der Waals surface area contributed by atoms with E-state index in [2.05, 4.69) is 4.74 Å². The molecule has 176 valence electrons. The van der Waals surface area contributed by atoms with E-state index in [0.29, 0.717) is 26.3 Å². The highest BCUT2D eigenvalue weighted by atomic mass is 19.3. The van der Waals surface area contributed by atoms with Gasteiger partial charge in [0.1, 0.15) is 5.56 Å².